The Hall–Kier alpha value is -2.33. The molecule has 144 valence electrons. The molecule has 0 saturated carbocycles. The Labute approximate surface area is 166 Å². The van der Waals surface area contributed by atoms with E-state index in [1.165, 1.54) is 0 Å². The third-order valence-electron chi connectivity index (χ3n) is 4.57. The van der Waals surface area contributed by atoms with Crippen LogP contribution in [0.5, 0.6) is 0 Å². The molecule has 2 aromatic rings. The molecule has 2 amide bonds. The van der Waals surface area contributed by atoms with Crippen LogP contribution in [0, 0.1) is 0 Å². The van der Waals surface area contributed by atoms with Crippen LogP contribution in [0.3, 0.4) is 0 Å². The summed E-state index contributed by atoms with van der Waals surface area (Å²) >= 11 is 6.19. The maximum atomic E-state index is 12.9. The highest BCUT2D eigenvalue weighted by Gasteiger charge is 2.25. The number of halogens is 1. The fraction of sp³-hybridized carbons (Fsp3) is 0.364. The van der Waals surface area contributed by atoms with Gasteiger partial charge in [0.25, 0.3) is 0 Å². The second kappa shape index (κ2) is 10.7. The largest absolute Gasteiger partial charge is 0.355 e. The predicted octanol–water partition coefficient (Wildman–Crippen LogP) is 3.87. The quantitative estimate of drug-likeness (QED) is 0.711. The van der Waals surface area contributed by atoms with Crippen molar-refractivity contribution in [1.29, 1.82) is 0 Å². The smallest absolute Gasteiger partial charge is 0.242 e. The average molecular weight is 387 g/mol. The van der Waals surface area contributed by atoms with Gasteiger partial charge in [0.2, 0.25) is 11.8 Å². The minimum Gasteiger partial charge on any atom is -0.355 e. The van der Waals surface area contributed by atoms with Crippen LogP contribution in [0.2, 0.25) is 5.02 Å². The van der Waals surface area contributed by atoms with E-state index in [1.54, 1.807) is 11.8 Å². The summed E-state index contributed by atoms with van der Waals surface area (Å²) in [6.45, 7) is 4.70. The molecule has 0 fully saturated rings. The number of carbonyl (C=O) groups is 2. The van der Waals surface area contributed by atoms with Crippen molar-refractivity contribution >= 4 is 23.4 Å². The van der Waals surface area contributed by atoms with Gasteiger partial charge in [-0.25, -0.2) is 0 Å². The number of nitrogens with zero attached hydrogens (tertiary/aromatic N) is 1. The highest BCUT2D eigenvalue weighted by Crippen LogP contribution is 2.17. The van der Waals surface area contributed by atoms with Crippen molar-refractivity contribution in [1.82, 2.24) is 10.2 Å². The van der Waals surface area contributed by atoms with Crippen molar-refractivity contribution in [3.8, 4) is 0 Å². The molecule has 5 heteroatoms. The second-order valence-electron chi connectivity index (χ2n) is 6.48. The molecule has 0 radical (unpaired) electrons. The number of likely N-dealkylation sites (N-methyl/N-ethyl adjacent to an activating group) is 1. The first kappa shape index (κ1) is 21.0. The van der Waals surface area contributed by atoms with Crippen LogP contribution in [-0.4, -0.2) is 35.8 Å². The van der Waals surface area contributed by atoms with Crippen molar-refractivity contribution in [3.05, 3.63) is 70.7 Å². The van der Waals surface area contributed by atoms with Gasteiger partial charge in [0.1, 0.15) is 6.04 Å². The van der Waals surface area contributed by atoms with E-state index in [2.05, 4.69) is 5.32 Å². The fourth-order valence-corrected chi connectivity index (χ4v) is 3.21. The van der Waals surface area contributed by atoms with E-state index >= 15 is 0 Å². The van der Waals surface area contributed by atoms with Crippen LogP contribution in [0.15, 0.2) is 54.6 Å². The Balaban J connectivity index is 2.06. The van der Waals surface area contributed by atoms with Gasteiger partial charge in [-0.15, -0.1) is 0 Å². The molecule has 0 unspecified atom stereocenters. The van der Waals surface area contributed by atoms with Crippen molar-refractivity contribution < 1.29 is 9.59 Å². The van der Waals surface area contributed by atoms with E-state index in [9.17, 15) is 9.59 Å². The molecule has 4 nitrogen and oxygen atoms in total. The van der Waals surface area contributed by atoms with Crippen molar-refractivity contribution in [2.75, 3.05) is 13.1 Å². The Morgan fingerprint density at radius 2 is 1.70 bits per heavy atom. The fourth-order valence-electron chi connectivity index (χ4n) is 2.98. The van der Waals surface area contributed by atoms with Crippen LogP contribution in [-0.2, 0) is 22.4 Å². The number of aryl methyl sites for hydroxylation is 1. The molecule has 27 heavy (non-hydrogen) atoms. The van der Waals surface area contributed by atoms with Gasteiger partial charge >= 0.3 is 0 Å². The van der Waals surface area contributed by atoms with Crippen LogP contribution in [0.1, 0.15) is 31.4 Å². The minimum atomic E-state index is -0.507. The van der Waals surface area contributed by atoms with Crippen molar-refractivity contribution in [3.63, 3.8) is 0 Å². The van der Waals surface area contributed by atoms with E-state index in [0.29, 0.717) is 37.4 Å². The molecule has 0 aliphatic heterocycles. The monoisotopic (exact) mass is 386 g/mol. The van der Waals surface area contributed by atoms with E-state index in [-0.39, 0.29) is 11.8 Å². The lowest BCUT2D eigenvalue weighted by atomic mass is 10.1. The third kappa shape index (κ3) is 6.40. The van der Waals surface area contributed by atoms with E-state index in [4.69, 9.17) is 11.6 Å². The number of rotatable bonds is 9. The summed E-state index contributed by atoms with van der Waals surface area (Å²) < 4.78 is 0. The summed E-state index contributed by atoms with van der Waals surface area (Å²) in [6, 6.07) is 17.0. The molecular formula is C22H27ClN2O2. The molecule has 0 spiro atoms. The Kier molecular flexibility index (Phi) is 8.34. The van der Waals surface area contributed by atoms with Crippen molar-refractivity contribution in [2.45, 2.75) is 39.2 Å². The van der Waals surface area contributed by atoms with Crippen molar-refractivity contribution in [2.24, 2.45) is 0 Å². The summed E-state index contributed by atoms with van der Waals surface area (Å²) in [7, 11) is 0. The molecular weight excluding hydrogens is 360 g/mol. The molecule has 2 rings (SSSR count). The zero-order valence-corrected chi connectivity index (χ0v) is 16.7. The molecule has 0 aliphatic rings. The van der Waals surface area contributed by atoms with Crippen LogP contribution in [0.25, 0.3) is 0 Å². The van der Waals surface area contributed by atoms with Gasteiger partial charge < -0.3 is 10.2 Å². The molecule has 1 atom stereocenters. The van der Waals surface area contributed by atoms with Gasteiger partial charge in [-0.1, -0.05) is 60.1 Å². The van der Waals surface area contributed by atoms with Gasteiger partial charge in [0.15, 0.2) is 0 Å². The number of nitrogens with one attached hydrogen (secondary N) is 1. The number of amides is 2. The molecule has 1 N–H and O–H groups in total. The van der Waals surface area contributed by atoms with Gasteiger partial charge in [-0.05, 0) is 43.9 Å². The van der Waals surface area contributed by atoms with E-state index in [1.807, 2.05) is 61.5 Å². The van der Waals surface area contributed by atoms with Gasteiger partial charge in [-0.2, -0.15) is 0 Å². The number of hydrogen-bond donors (Lipinski definition) is 1. The third-order valence-corrected chi connectivity index (χ3v) is 4.94. The zero-order chi connectivity index (χ0) is 19.6. The van der Waals surface area contributed by atoms with E-state index < -0.39 is 6.04 Å². The predicted molar refractivity (Wildman–Crippen MR) is 110 cm³/mol. The maximum absolute atomic E-state index is 12.9. The Morgan fingerprint density at radius 3 is 2.37 bits per heavy atom. The summed E-state index contributed by atoms with van der Waals surface area (Å²) in [5.41, 5.74) is 2.09. The first-order chi connectivity index (χ1) is 13.0. The van der Waals surface area contributed by atoms with E-state index in [0.717, 1.165) is 11.1 Å². The molecule has 0 heterocycles. The molecule has 2 aromatic carbocycles. The standard InChI is InChI=1S/C22H27ClN2O2/c1-3-24-22(27)17(2)25(16-15-18-9-5-4-6-10-18)21(26)14-13-19-11-7-8-12-20(19)23/h4-12,17H,3,13-16H2,1-2H3,(H,24,27)/t17-/m1/s1. The summed E-state index contributed by atoms with van der Waals surface area (Å²) in [5, 5.41) is 3.47. The Bertz CT molecular complexity index is 749. The first-order valence-corrected chi connectivity index (χ1v) is 9.75. The number of benzene rings is 2. The summed E-state index contributed by atoms with van der Waals surface area (Å²) in [5.74, 6) is -0.166. The highest BCUT2D eigenvalue weighted by molar-refractivity contribution is 6.31. The maximum Gasteiger partial charge on any atom is 0.242 e. The summed E-state index contributed by atoms with van der Waals surface area (Å²) in [4.78, 5) is 26.9. The highest BCUT2D eigenvalue weighted by atomic mass is 35.5. The number of hydrogen-bond acceptors (Lipinski definition) is 2. The van der Waals surface area contributed by atoms with Gasteiger partial charge in [-0.3, -0.25) is 9.59 Å². The number of carbonyl (C=O) groups excluding carboxylic acids is 2. The zero-order valence-electron chi connectivity index (χ0n) is 16.0. The lowest BCUT2D eigenvalue weighted by Gasteiger charge is -2.28. The first-order valence-electron chi connectivity index (χ1n) is 9.37. The van der Waals surface area contributed by atoms with Gasteiger partial charge in [0, 0.05) is 24.5 Å². The molecule has 0 aliphatic carbocycles. The summed E-state index contributed by atoms with van der Waals surface area (Å²) in [6.07, 6.45) is 1.59. The Morgan fingerprint density at radius 1 is 1.04 bits per heavy atom. The molecule has 0 bridgehead atoms. The normalized spacial score (nSPS) is 11.7. The second-order valence-corrected chi connectivity index (χ2v) is 6.89. The minimum absolute atomic E-state index is 0.0374. The lowest BCUT2D eigenvalue weighted by molar-refractivity contribution is -0.139. The average Bonchev–Trinajstić information content (AvgIpc) is 2.68. The van der Waals surface area contributed by atoms with Crippen LogP contribution in [0.4, 0.5) is 0 Å². The van der Waals surface area contributed by atoms with Crippen LogP contribution >= 0.6 is 11.6 Å². The SMILES string of the molecule is CCNC(=O)[C@@H](C)N(CCc1ccccc1)C(=O)CCc1ccccc1Cl. The topological polar surface area (TPSA) is 49.4 Å². The lowest BCUT2D eigenvalue weighted by Crippen LogP contribution is -2.48. The van der Waals surface area contributed by atoms with Crippen LogP contribution < -0.4 is 5.32 Å². The molecule has 0 saturated heterocycles. The van der Waals surface area contributed by atoms with Gasteiger partial charge in [0.05, 0.1) is 0 Å². The molecule has 0 aromatic heterocycles.